The minimum absolute atomic E-state index is 0.0253. The van der Waals surface area contributed by atoms with Gasteiger partial charge in [0.15, 0.2) is 10.7 Å². The van der Waals surface area contributed by atoms with Crippen LogP contribution in [0.4, 0.5) is 17.1 Å². The van der Waals surface area contributed by atoms with Crippen molar-refractivity contribution in [3.05, 3.63) is 80.9 Å². The van der Waals surface area contributed by atoms with Gasteiger partial charge in [-0.1, -0.05) is 31.5 Å². The molecule has 0 atom stereocenters. The van der Waals surface area contributed by atoms with Gasteiger partial charge in [0.05, 0.1) is 40.1 Å². The standard InChI is InChI=1S/C28H26ClN5O5S/c1-16(2)17-4-8-25-23(13-17)30-27(39-25)18-3-6-21(29)22(14-18)31-28(40)32-26(35)20-15-19(34(36)37)5-7-24(20)33-9-11-38-12-10-33/h3-8,13-16H,9-12H2,1-2H3,(H2,31,32,35,40). The van der Waals surface area contributed by atoms with E-state index in [1.165, 1.54) is 12.1 Å². The summed E-state index contributed by atoms with van der Waals surface area (Å²) in [5, 5.41) is 17.3. The highest BCUT2D eigenvalue weighted by atomic mass is 35.5. The van der Waals surface area contributed by atoms with E-state index in [9.17, 15) is 14.9 Å². The fourth-order valence-electron chi connectivity index (χ4n) is 4.40. The normalized spacial score (nSPS) is 13.4. The van der Waals surface area contributed by atoms with Crippen LogP contribution in [-0.2, 0) is 4.74 Å². The van der Waals surface area contributed by atoms with Crippen molar-refractivity contribution in [1.29, 1.82) is 0 Å². The number of hydrogen-bond acceptors (Lipinski definition) is 8. The summed E-state index contributed by atoms with van der Waals surface area (Å²) in [5.74, 6) is 0.186. The van der Waals surface area contributed by atoms with E-state index >= 15 is 0 Å². The van der Waals surface area contributed by atoms with Crippen LogP contribution < -0.4 is 15.5 Å². The molecule has 0 bridgehead atoms. The van der Waals surface area contributed by atoms with E-state index in [1.807, 2.05) is 23.1 Å². The number of rotatable bonds is 6. The molecular formula is C28H26ClN5O5S. The summed E-state index contributed by atoms with van der Waals surface area (Å²) in [5.41, 5.74) is 4.17. The SMILES string of the molecule is CC(C)c1ccc2oc(-c3ccc(Cl)c(NC(=S)NC(=O)c4cc([N+](=O)[O-])ccc4N4CCOCC4)c3)nc2c1. The van der Waals surface area contributed by atoms with Gasteiger partial charge in [-0.05, 0) is 60.1 Å². The third kappa shape index (κ3) is 5.91. The number of halogens is 1. The fourth-order valence-corrected chi connectivity index (χ4v) is 4.77. The van der Waals surface area contributed by atoms with Crippen LogP contribution in [0.5, 0.6) is 0 Å². The summed E-state index contributed by atoms with van der Waals surface area (Å²) in [6.45, 7) is 6.32. The Morgan fingerprint density at radius 1 is 1.12 bits per heavy atom. The highest BCUT2D eigenvalue weighted by molar-refractivity contribution is 7.80. The Hall–Kier alpha value is -4.06. The number of non-ortho nitro benzene ring substituents is 1. The number of amides is 1. The van der Waals surface area contributed by atoms with E-state index in [0.717, 1.165) is 11.1 Å². The predicted octanol–water partition coefficient (Wildman–Crippen LogP) is 6.14. The molecule has 206 valence electrons. The number of morpholine rings is 1. The first-order valence-corrected chi connectivity index (χ1v) is 13.4. The van der Waals surface area contributed by atoms with Gasteiger partial charge in [0, 0.05) is 30.8 Å². The number of nitro benzene ring substituents is 1. The van der Waals surface area contributed by atoms with Crippen LogP contribution >= 0.6 is 23.8 Å². The van der Waals surface area contributed by atoms with Crippen LogP contribution in [0.2, 0.25) is 5.02 Å². The van der Waals surface area contributed by atoms with E-state index < -0.39 is 10.8 Å². The number of anilines is 2. The van der Waals surface area contributed by atoms with Crippen LogP contribution in [0.25, 0.3) is 22.6 Å². The molecule has 2 N–H and O–H groups in total. The second kappa shape index (κ2) is 11.6. The first kappa shape index (κ1) is 27.5. The van der Waals surface area contributed by atoms with Crippen LogP contribution in [0.3, 0.4) is 0 Å². The van der Waals surface area contributed by atoms with Crippen molar-refractivity contribution in [2.45, 2.75) is 19.8 Å². The maximum Gasteiger partial charge on any atom is 0.270 e. The number of fused-ring (bicyclic) bond motifs is 1. The number of nitrogens with zero attached hydrogens (tertiary/aromatic N) is 3. The molecule has 40 heavy (non-hydrogen) atoms. The fraction of sp³-hybridized carbons (Fsp3) is 0.250. The maximum atomic E-state index is 13.3. The van der Waals surface area contributed by atoms with Crippen LogP contribution in [0.15, 0.2) is 59.0 Å². The number of benzene rings is 3. The number of hydrogen-bond donors (Lipinski definition) is 2. The number of nitro groups is 1. The number of thiocarbonyl (C=S) groups is 1. The molecule has 1 amide bonds. The summed E-state index contributed by atoms with van der Waals surface area (Å²) >= 11 is 11.8. The average molecular weight is 580 g/mol. The summed E-state index contributed by atoms with van der Waals surface area (Å²) in [4.78, 5) is 30.7. The lowest BCUT2D eigenvalue weighted by Gasteiger charge is -2.30. The average Bonchev–Trinajstić information content (AvgIpc) is 3.38. The van der Waals surface area contributed by atoms with E-state index in [4.69, 9.17) is 33.0 Å². The second-order valence-electron chi connectivity index (χ2n) is 9.56. The molecule has 5 rings (SSSR count). The molecule has 2 heterocycles. The summed E-state index contributed by atoms with van der Waals surface area (Å²) in [6, 6.07) is 15.3. The Morgan fingerprint density at radius 2 is 1.90 bits per heavy atom. The van der Waals surface area contributed by atoms with Crippen molar-refractivity contribution < 1.29 is 18.9 Å². The van der Waals surface area contributed by atoms with E-state index in [2.05, 4.69) is 29.5 Å². The molecule has 0 radical (unpaired) electrons. The lowest BCUT2D eigenvalue weighted by atomic mass is 10.0. The monoisotopic (exact) mass is 579 g/mol. The van der Waals surface area contributed by atoms with Crippen LogP contribution in [-0.4, -0.2) is 47.2 Å². The summed E-state index contributed by atoms with van der Waals surface area (Å²) < 4.78 is 11.4. The summed E-state index contributed by atoms with van der Waals surface area (Å²) in [6.07, 6.45) is 0. The highest BCUT2D eigenvalue weighted by Gasteiger charge is 2.23. The van der Waals surface area contributed by atoms with Crippen LogP contribution in [0.1, 0.15) is 35.7 Å². The molecule has 0 saturated carbocycles. The molecule has 1 aromatic heterocycles. The minimum Gasteiger partial charge on any atom is -0.436 e. The van der Waals surface area contributed by atoms with Gasteiger partial charge >= 0.3 is 0 Å². The van der Waals surface area contributed by atoms with Crippen molar-refractivity contribution in [2.75, 3.05) is 36.5 Å². The van der Waals surface area contributed by atoms with Crippen molar-refractivity contribution in [1.82, 2.24) is 10.3 Å². The molecule has 10 nitrogen and oxygen atoms in total. The first-order chi connectivity index (χ1) is 19.2. The third-order valence-electron chi connectivity index (χ3n) is 6.55. The van der Waals surface area contributed by atoms with E-state index in [-0.39, 0.29) is 16.4 Å². The Labute approximate surface area is 240 Å². The van der Waals surface area contributed by atoms with Gasteiger partial charge in [-0.2, -0.15) is 0 Å². The number of ether oxygens (including phenoxy) is 1. The number of nitrogens with one attached hydrogen (secondary N) is 2. The van der Waals surface area contributed by atoms with Crippen LogP contribution in [0, 0.1) is 10.1 Å². The van der Waals surface area contributed by atoms with Crippen molar-refractivity contribution in [3.63, 3.8) is 0 Å². The largest absolute Gasteiger partial charge is 0.436 e. The molecule has 3 aromatic carbocycles. The van der Waals surface area contributed by atoms with Gasteiger partial charge in [0.2, 0.25) is 5.89 Å². The summed E-state index contributed by atoms with van der Waals surface area (Å²) in [7, 11) is 0. The molecule has 12 heteroatoms. The van der Waals surface area contributed by atoms with Crippen molar-refractivity contribution in [2.24, 2.45) is 0 Å². The molecule has 1 aliphatic rings. The van der Waals surface area contributed by atoms with Gasteiger partial charge in [-0.15, -0.1) is 0 Å². The van der Waals surface area contributed by atoms with E-state index in [1.54, 1.807) is 24.3 Å². The zero-order valence-electron chi connectivity index (χ0n) is 21.8. The molecule has 0 unspecified atom stereocenters. The Kier molecular flexibility index (Phi) is 7.97. The van der Waals surface area contributed by atoms with Crippen molar-refractivity contribution >= 4 is 63.0 Å². The predicted molar refractivity (Wildman–Crippen MR) is 158 cm³/mol. The topological polar surface area (TPSA) is 123 Å². The molecular weight excluding hydrogens is 554 g/mol. The maximum absolute atomic E-state index is 13.3. The van der Waals surface area contributed by atoms with Gasteiger partial charge in [-0.25, -0.2) is 4.98 Å². The Morgan fingerprint density at radius 3 is 2.62 bits per heavy atom. The van der Waals surface area contributed by atoms with Gasteiger partial charge in [-0.3, -0.25) is 20.2 Å². The molecule has 1 fully saturated rings. The number of oxazole rings is 1. The smallest absolute Gasteiger partial charge is 0.270 e. The highest BCUT2D eigenvalue weighted by Crippen LogP contribution is 2.32. The lowest BCUT2D eigenvalue weighted by Crippen LogP contribution is -2.39. The molecule has 1 saturated heterocycles. The quantitative estimate of drug-likeness (QED) is 0.157. The molecule has 0 aliphatic carbocycles. The van der Waals surface area contributed by atoms with Gasteiger partial charge in [0.25, 0.3) is 11.6 Å². The number of carbonyl (C=O) groups excluding carboxylic acids is 1. The lowest BCUT2D eigenvalue weighted by molar-refractivity contribution is -0.384. The molecule has 1 aliphatic heterocycles. The third-order valence-corrected chi connectivity index (χ3v) is 7.09. The van der Waals surface area contributed by atoms with Gasteiger partial charge < -0.3 is 19.4 Å². The Bertz CT molecular complexity index is 1620. The zero-order chi connectivity index (χ0) is 28.4. The second-order valence-corrected chi connectivity index (χ2v) is 10.4. The number of aromatic nitrogens is 1. The zero-order valence-corrected chi connectivity index (χ0v) is 23.3. The minimum atomic E-state index is -0.588. The van der Waals surface area contributed by atoms with Crippen molar-refractivity contribution in [3.8, 4) is 11.5 Å². The first-order valence-electron chi connectivity index (χ1n) is 12.6. The van der Waals surface area contributed by atoms with E-state index in [0.29, 0.717) is 65.7 Å². The molecule has 0 spiro atoms. The Balaban J connectivity index is 1.36. The van der Waals surface area contributed by atoms with Gasteiger partial charge in [0.1, 0.15) is 5.52 Å². The molecule has 4 aromatic rings. The number of carbonyl (C=O) groups is 1.